The Kier molecular flexibility index (Phi) is 3.94. The van der Waals surface area contributed by atoms with Crippen molar-refractivity contribution in [2.45, 2.75) is 25.8 Å². The molecule has 1 atom stereocenters. The fraction of sp³-hybridized carbons (Fsp3) is 0.385. The standard InChI is InChI=1S/C13H16N2O3/c1-2-4-9-5-3-6-10(7-9)13-14-11(8-18-13)12(16)15-17/h3,5-7,11,17H,2,4,8H2,1H3,(H,15,16)/t11-/m1/s1. The molecule has 0 fully saturated rings. The summed E-state index contributed by atoms with van der Waals surface area (Å²) >= 11 is 0. The number of hydrogen-bond donors (Lipinski definition) is 2. The Balaban J connectivity index is 2.17. The molecule has 0 radical (unpaired) electrons. The van der Waals surface area contributed by atoms with Crippen LogP contribution in [0.3, 0.4) is 0 Å². The van der Waals surface area contributed by atoms with E-state index in [-0.39, 0.29) is 6.61 Å². The van der Waals surface area contributed by atoms with Gasteiger partial charge in [-0.05, 0) is 24.1 Å². The van der Waals surface area contributed by atoms with Crippen molar-refractivity contribution in [3.05, 3.63) is 35.4 Å². The van der Waals surface area contributed by atoms with Gasteiger partial charge in [0.2, 0.25) is 5.90 Å². The molecule has 0 spiro atoms. The van der Waals surface area contributed by atoms with Crippen LogP contribution in [0.15, 0.2) is 29.3 Å². The molecule has 1 aliphatic heterocycles. The van der Waals surface area contributed by atoms with Crippen molar-refractivity contribution < 1.29 is 14.7 Å². The summed E-state index contributed by atoms with van der Waals surface area (Å²) in [5.74, 6) is -0.0868. The SMILES string of the molecule is CCCc1cccc(C2=N[C@@H](C(=O)NO)CO2)c1. The first-order valence-corrected chi connectivity index (χ1v) is 5.98. The zero-order valence-corrected chi connectivity index (χ0v) is 10.2. The number of ether oxygens (including phenoxy) is 1. The quantitative estimate of drug-likeness (QED) is 0.623. The lowest BCUT2D eigenvalue weighted by Crippen LogP contribution is -2.31. The summed E-state index contributed by atoms with van der Waals surface area (Å²) in [6.07, 6.45) is 2.08. The minimum absolute atomic E-state index is 0.166. The van der Waals surface area contributed by atoms with Crippen molar-refractivity contribution >= 4 is 11.8 Å². The molecule has 0 saturated heterocycles. The monoisotopic (exact) mass is 248 g/mol. The van der Waals surface area contributed by atoms with Gasteiger partial charge in [-0.15, -0.1) is 0 Å². The third-order valence-corrected chi connectivity index (χ3v) is 2.78. The lowest BCUT2D eigenvalue weighted by molar-refractivity contribution is -0.130. The second kappa shape index (κ2) is 5.64. The molecule has 1 aromatic rings. The Morgan fingerprint density at radius 1 is 1.61 bits per heavy atom. The number of carbonyl (C=O) groups is 1. The molecule has 96 valence electrons. The lowest BCUT2D eigenvalue weighted by atomic mass is 10.1. The van der Waals surface area contributed by atoms with Gasteiger partial charge in [-0.1, -0.05) is 25.5 Å². The van der Waals surface area contributed by atoms with E-state index in [2.05, 4.69) is 18.0 Å². The lowest BCUT2D eigenvalue weighted by Gasteiger charge is -2.04. The van der Waals surface area contributed by atoms with Gasteiger partial charge in [-0.2, -0.15) is 0 Å². The van der Waals surface area contributed by atoms with E-state index in [4.69, 9.17) is 9.94 Å². The van der Waals surface area contributed by atoms with Crippen LogP contribution in [-0.4, -0.2) is 29.7 Å². The van der Waals surface area contributed by atoms with E-state index in [1.807, 2.05) is 18.2 Å². The highest BCUT2D eigenvalue weighted by molar-refractivity contribution is 5.98. The van der Waals surface area contributed by atoms with E-state index in [0.29, 0.717) is 5.90 Å². The number of amides is 1. The molecule has 5 nitrogen and oxygen atoms in total. The highest BCUT2D eigenvalue weighted by atomic mass is 16.5. The second-order valence-corrected chi connectivity index (χ2v) is 4.19. The maximum Gasteiger partial charge on any atom is 0.271 e. The topological polar surface area (TPSA) is 70.9 Å². The first-order chi connectivity index (χ1) is 8.74. The molecule has 5 heteroatoms. The Morgan fingerprint density at radius 2 is 2.44 bits per heavy atom. The summed E-state index contributed by atoms with van der Waals surface area (Å²) < 4.78 is 5.39. The number of hydrogen-bond acceptors (Lipinski definition) is 4. The Bertz CT molecular complexity index is 471. The van der Waals surface area contributed by atoms with Crippen molar-refractivity contribution in [1.82, 2.24) is 5.48 Å². The normalized spacial score (nSPS) is 18.1. The molecule has 1 amide bonds. The predicted octanol–water partition coefficient (Wildman–Crippen LogP) is 1.29. The van der Waals surface area contributed by atoms with E-state index in [9.17, 15) is 4.79 Å². The summed E-state index contributed by atoms with van der Waals surface area (Å²) in [5, 5.41) is 8.54. The van der Waals surface area contributed by atoms with E-state index in [0.717, 1.165) is 18.4 Å². The number of nitrogens with one attached hydrogen (secondary N) is 1. The molecule has 0 bridgehead atoms. The first kappa shape index (κ1) is 12.6. The van der Waals surface area contributed by atoms with Gasteiger partial charge in [0.05, 0.1) is 0 Å². The summed E-state index contributed by atoms with van der Waals surface area (Å²) in [4.78, 5) is 15.4. The van der Waals surface area contributed by atoms with Crippen LogP contribution in [0, 0.1) is 0 Å². The average molecular weight is 248 g/mol. The molecule has 2 rings (SSSR count). The van der Waals surface area contributed by atoms with Crippen LogP contribution in [0.5, 0.6) is 0 Å². The Labute approximate surface area is 105 Å². The van der Waals surface area contributed by atoms with Gasteiger partial charge in [0, 0.05) is 5.56 Å². The van der Waals surface area contributed by atoms with E-state index < -0.39 is 11.9 Å². The third kappa shape index (κ3) is 2.68. The smallest absolute Gasteiger partial charge is 0.271 e. The van der Waals surface area contributed by atoms with Crippen molar-refractivity contribution in [3.8, 4) is 0 Å². The van der Waals surface area contributed by atoms with Gasteiger partial charge in [0.25, 0.3) is 5.91 Å². The summed E-state index contributed by atoms with van der Waals surface area (Å²) in [6.45, 7) is 2.29. The van der Waals surface area contributed by atoms with E-state index >= 15 is 0 Å². The minimum atomic E-state index is -0.667. The fourth-order valence-corrected chi connectivity index (χ4v) is 1.89. The molecule has 18 heavy (non-hydrogen) atoms. The maximum atomic E-state index is 11.2. The average Bonchev–Trinajstić information content (AvgIpc) is 2.88. The minimum Gasteiger partial charge on any atom is -0.475 e. The number of carbonyl (C=O) groups excluding carboxylic acids is 1. The highest BCUT2D eigenvalue weighted by Crippen LogP contribution is 2.14. The van der Waals surface area contributed by atoms with E-state index in [1.54, 1.807) is 5.48 Å². The zero-order valence-electron chi connectivity index (χ0n) is 10.2. The molecule has 0 unspecified atom stereocenters. The van der Waals surface area contributed by atoms with Gasteiger partial charge >= 0.3 is 0 Å². The molecule has 0 saturated carbocycles. The van der Waals surface area contributed by atoms with Crippen LogP contribution in [0.25, 0.3) is 0 Å². The van der Waals surface area contributed by atoms with Crippen molar-refractivity contribution in [2.75, 3.05) is 6.61 Å². The second-order valence-electron chi connectivity index (χ2n) is 4.19. The summed E-state index contributed by atoms with van der Waals surface area (Å²) in [6, 6.07) is 7.25. The molecule has 1 heterocycles. The highest BCUT2D eigenvalue weighted by Gasteiger charge is 2.26. The molecule has 2 N–H and O–H groups in total. The predicted molar refractivity (Wildman–Crippen MR) is 66.6 cm³/mol. The van der Waals surface area contributed by atoms with Crippen molar-refractivity contribution in [3.63, 3.8) is 0 Å². The number of benzene rings is 1. The van der Waals surface area contributed by atoms with Gasteiger partial charge in [0.15, 0.2) is 6.04 Å². The number of aryl methyl sites for hydroxylation is 1. The van der Waals surface area contributed by atoms with Crippen LogP contribution in [0.2, 0.25) is 0 Å². The molecule has 1 aromatic carbocycles. The number of nitrogens with zero attached hydrogens (tertiary/aromatic N) is 1. The first-order valence-electron chi connectivity index (χ1n) is 5.98. The van der Waals surface area contributed by atoms with E-state index in [1.165, 1.54) is 5.56 Å². The van der Waals surface area contributed by atoms with Crippen LogP contribution in [-0.2, 0) is 16.0 Å². The Morgan fingerprint density at radius 3 is 3.17 bits per heavy atom. The van der Waals surface area contributed by atoms with Crippen LogP contribution < -0.4 is 5.48 Å². The van der Waals surface area contributed by atoms with Gasteiger partial charge in [-0.25, -0.2) is 10.5 Å². The third-order valence-electron chi connectivity index (χ3n) is 2.78. The fourth-order valence-electron chi connectivity index (χ4n) is 1.89. The van der Waals surface area contributed by atoms with Gasteiger partial charge in [0.1, 0.15) is 6.61 Å². The number of rotatable bonds is 4. The van der Waals surface area contributed by atoms with Gasteiger partial charge < -0.3 is 4.74 Å². The van der Waals surface area contributed by atoms with Crippen molar-refractivity contribution in [2.24, 2.45) is 4.99 Å². The zero-order chi connectivity index (χ0) is 13.0. The molecule has 0 aromatic heterocycles. The molecular formula is C13H16N2O3. The van der Waals surface area contributed by atoms with Crippen LogP contribution >= 0.6 is 0 Å². The Hall–Kier alpha value is -1.88. The molecule has 1 aliphatic rings. The molecular weight excluding hydrogens is 232 g/mol. The number of hydroxylamine groups is 1. The largest absolute Gasteiger partial charge is 0.475 e. The van der Waals surface area contributed by atoms with Crippen LogP contribution in [0.1, 0.15) is 24.5 Å². The van der Waals surface area contributed by atoms with Gasteiger partial charge in [-0.3, -0.25) is 10.0 Å². The summed E-state index contributed by atoms with van der Waals surface area (Å²) in [5.41, 5.74) is 3.67. The molecule has 0 aliphatic carbocycles. The number of aliphatic imine (C=N–C) groups is 1. The summed E-state index contributed by atoms with van der Waals surface area (Å²) in [7, 11) is 0. The maximum absolute atomic E-state index is 11.2. The van der Waals surface area contributed by atoms with Crippen LogP contribution in [0.4, 0.5) is 0 Å². The van der Waals surface area contributed by atoms with Crippen molar-refractivity contribution in [1.29, 1.82) is 0 Å².